The van der Waals surface area contributed by atoms with Gasteiger partial charge in [-0.1, -0.05) is 26.0 Å². The van der Waals surface area contributed by atoms with Crippen LogP contribution in [0.2, 0.25) is 0 Å². The molecule has 0 aliphatic rings. The summed E-state index contributed by atoms with van der Waals surface area (Å²) in [6.07, 6.45) is 2.16. The lowest BCUT2D eigenvalue weighted by atomic mass is 10.2. The summed E-state index contributed by atoms with van der Waals surface area (Å²) in [6, 6.07) is 8.33. The van der Waals surface area contributed by atoms with E-state index in [-0.39, 0.29) is 0 Å². The summed E-state index contributed by atoms with van der Waals surface area (Å²) in [6.45, 7) is 5.32. The van der Waals surface area contributed by atoms with Gasteiger partial charge in [0.2, 0.25) is 0 Å². The number of hydrogen-bond acceptors (Lipinski definition) is 1. The van der Waals surface area contributed by atoms with Crippen LogP contribution in [-0.2, 0) is 13.0 Å². The largest absolute Gasteiger partial charge is 0.328 e. The SMILES string of the molecule is CCCc1nc2ccccc2n1CC(C)CCl. The van der Waals surface area contributed by atoms with E-state index in [2.05, 4.69) is 36.6 Å². The minimum atomic E-state index is 0.477. The van der Waals surface area contributed by atoms with E-state index in [1.165, 1.54) is 11.3 Å². The van der Waals surface area contributed by atoms with Gasteiger partial charge in [-0.2, -0.15) is 0 Å². The monoisotopic (exact) mass is 250 g/mol. The molecule has 0 radical (unpaired) electrons. The fraction of sp³-hybridized carbons (Fsp3) is 0.500. The number of fused-ring (bicyclic) bond motifs is 1. The highest BCUT2D eigenvalue weighted by atomic mass is 35.5. The van der Waals surface area contributed by atoms with Crippen molar-refractivity contribution in [2.45, 2.75) is 33.2 Å². The Kier molecular flexibility index (Phi) is 4.06. The summed E-state index contributed by atoms with van der Waals surface area (Å²) >= 11 is 5.92. The van der Waals surface area contributed by atoms with Gasteiger partial charge in [-0.05, 0) is 24.5 Å². The molecule has 0 amide bonds. The van der Waals surface area contributed by atoms with Crippen LogP contribution in [0.1, 0.15) is 26.1 Å². The van der Waals surface area contributed by atoms with Gasteiger partial charge in [-0.3, -0.25) is 0 Å². The fourth-order valence-electron chi connectivity index (χ4n) is 2.10. The van der Waals surface area contributed by atoms with Crippen LogP contribution in [0.4, 0.5) is 0 Å². The Morgan fingerprint density at radius 3 is 2.82 bits per heavy atom. The predicted octanol–water partition coefficient (Wildman–Crippen LogP) is 3.86. The summed E-state index contributed by atoms with van der Waals surface area (Å²) in [5.74, 6) is 2.36. The Morgan fingerprint density at radius 1 is 1.35 bits per heavy atom. The van der Waals surface area contributed by atoms with Gasteiger partial charge in [0.15, 0.2) is 0 Å². The number of aryl methyl sites for hydroxylation is 1. The van der Waals surface area contributed by atoms with Crippen LogP contribution in [0, 0.1) is 5.92 Å². The van der Waals surface area contributed by atoms with Crippen molar-refractivity contribution in [1.29, 1.82) is 0 Å². The van der Waals surface area contributed by atoms with Crippen LogP contribution in [0.5, 0.6) is 0 Å². The third kappa shape index (κ3) is 2.63. The quantitative estimate of drug-likeness (QED) is 0.737. The molecule has 1 atom stereocenters. The number of alkyl halides is 1. The van der Waals surface area contributed by atoms with Crippen molar-refractivity contribution in [3.8, 4) is 0 Å². The van der Waals surface area contributed by atoms with Crippen LogP contribution in [-0.4, -0.2) is 15.4 Å². The smallest absolute Gasteiger partial charge is 0.109 e. The second kappa shape index (κ2) is 5.54. The van der Waals surface area contributed by atoms with Crippen LogP contribution in [0.25, 0.3) is 11.0 Å². The van der Waals surface area contributed by atoms with Crippen LogP contribution < -0.4 is 0 Å². The van der Waals surface area contributed by atoms with E-state index < -0.39 is 0 Å². The van der Waals surface area contributed by atoms with Gasteiger partial charge in [0.25, 0.3) is 0 Å². The minimum absolute atomic E-state index is 0.477. The van der Waals surface area contributed by atoms with Crippen molar-refractivity contribution in [2.75, 3.05) is 5.88 Å². The highest BCUT2D eigenvalue weighted by Crippen LogP contribution is 2.19. The van der Waals surface area contributed by atoms with Crippen molar-refractivity contribution < 1.29 is 0 Å². The average molecular weight is 251 g/mol. The Hall–Kier alpha value is -1.02. The summed E-state index contributed by atoms with van der Waals surface area (Å²) in [5, 5.41) is 0. The maximum atomic E-state index is 5.92. The molecule has 1 aromatic heterocycles. The highest BCUT2D eigenvalue weighted by molar-refractivity contribution is 6.18. The van der Waals surface area contributed by atoms with E-state index in [1.807, 2.05) is 6.07 Å². The lowest BCUT2D eigenvalue weighted by Gasteiger charge is -2.12. The molecular weight excluding hydrogens is 232 g/mol. The van der Waals surface area contributed by atoms with E-state index in [0.717, 1.165) is 24.9 Å². The van der Waals surface area contributed by atoms with Crippen molar-refractivity contribution in [1.82, 2.24) is 9.55 Å². The molecule has 2 aromatic rings. The maximum Gasteiger partial charge on any atom is 0.109 e. The molecule has 0 aliphatic heterocycles. The Morgan fingerprint density at radius 2 is 2.12 bits per heavy atom. The first-order valence-electron chi connectivity index (χ1n) is 6.26. The van der Waals surface area contributed by atoms with E-state index in [1.54, 1.807) is 0 Å². The Balaban J connectivity index is 2.44. The second-order valence-electron chi connectivity index (χ2n) is 4.64. The zero-order valence-electron chi connectivity index (χ0n) is 10.5. The van der Waals surface area contributed by atoms with E-state index in [0.29, 0.717) is 11.8 Å². The molecule has 0 N–H and O–H groups in total. The topological polar surface area (TPSA) is 17.8 Å². The van der Waals surface area contributed by atoms with Gasteiger partial charge in [-0.15, -0.1) is 11.6 Å². The zero-order chi connectivity index (χ0) is 12.3. The fourth-order valence-corrected chi connectivity index (χ4v) is 2.20. The number of hydrogen-bond donors (Lipinski definition) is 0. The summed E-state index contributed by atoms with van der Waals surface area (Å²) < 4.78 is 2.33. The standard InChI is InChI=1S/C14H19ClN2/c1-3-6-14-16-12-7-4-5-8-13(12)17(14)10-11(2)9-15/h4-5,7-8,11H,3,6,9-10H2,1-2H3. The molecular formula is C14H19ClN2. The normalized spacial score (nSPS) is 13.1. The molecule has 3 heteroatoms. The number of aromatic nitrogens is 2. The van der Waals surface area contributed by atoms with Gasteiger partial charge < -0.3 is 4.57 Å². The molecule has 1 heterocycles. The number of halogens is 1. The van der Waals surface area contributed by atoms with Gasteiger partial charge in [0, 0.05) is 18.8 Å². The molecule has 0 fully saturated rings. The molecule has 1 unspecified atom stereocenters. The van der Waals surface area contributed by atoms with E-state index >= 15 is 0 Å². The molecule has 1 aromatic carbocycles. The summed E-state index contributed by atoms with van der Waals surface area (Å²) in [7, 11) is 0. The van der Waals surface area contributed by atoms with Crippen LogP contribution in [0.3, 0.4) is 0 Å². The predicted molar refractivity (Wildman–Crippen MR) is 73.6 cm³/mol. The molecule has 0 saturated carbocycles. The lowest BCUT2D eigenvalue weighted by Crippen LogP contribution is -2.11. The number of rotatable bonds is 5. The Bertz CT molecular complexity index is 490. The van der Waals surface area contributed by atoms with E-state index in [4.69, 9.17) is 16.6 Å². The third-order valence-electron chi connectivity index (χ3n) is 2.96. The first kappa shape index (κ1) is 12.4. The number of para-hydroxylation sites is 2. The molecule has 2 nitrogen and oxygen atoms in total. The number of imidazole rings is 1. The molecule has 0 bridgehead atoms. The number of nitrogens with zero attached hydrogens (tertiary/aromatic N) is 2. The third-order valence-corrected chi connectivity index (χ3v) is 3.49. The Labute approximate surface area is 108 Å². The van der Waals surface area contributed by atoms with Crippen molar-refractivity contribution >= 4 is 22.6 Å². The molecule has 2 rings (SSSR count). The summed E-state index contributed by atoms with van der Waals surface area (Å²) in [5.41, 5.74) is 2.32. The molecule has 0 spiro atoms. The van der Waals surface area contributed by atoms with E-state index in [9.17, 15) is 0 Å². The van der Waals surface area contributed by atoms with Crippen LogP contribution >= 0.6 is 11.6 Å². The van der Waals surface area contributed by atoms with Crippen molar-refractivity contribution in [2.24, 2.45) is 5.92 Å². The maximum absolute atomic E-state index is 5.92. The molecule has 17 heavy (non-hydrogen) atoms. The molecule has 0 saturated heterocycles. The van der Waals surface area contributed by atoms with Gasteiger partial charge >= 0.3 is 0 Å². The first-order valence-corrected chi connectivity index (χ1v) is 6.79. The van der Waals surface area contributed by atoms with Crippen LogP contribution in [0.15, 0.2) is 24.3 Å². The zero-order valence-corrected chi connectivity index (χ0v) is 11.2. The molecule has 92 valence electrons. The second-order valence-corrected chi connectivity index (χ2v) is 4.95. The highest BCUT2D eigenvalue weighted by Gasteiger charge is 2.11. The molecule has 0 aliphatic carbocycles. The van der Waals surface area contributed by atoms with Gasteiger partial charge in [0.1, 0.15) is 5.82 Å². The lowest BCUT2D eigenvalue weighted by molar-refractivity contribution is 0.520. The average Bonchev–Trinajstić information content (AvgIpc) is 2.68. The summed E-state index contributed by atoms with van der Waals surface area (Å²) in [4.78, 5) is 4.71. The van der Waals surface area contributed by atoms with Gasteiger partial charge in [-0.25, -0.2) is 4.98 Å². The van der Waals surface area contributed by atoms with Crippen molar-refractivity contribution in [3.05, 3.63) is 30.1 Å². The first-order chi connectivity index (χ1) is 8.26. The minimum Gasteiger partial charge on any atom is -0.328 e. The van der Waals surface area contributed by atoms with Crippen molar-refractivity contribution in [3.63, 3.8) is 0 Å². The van der Waals surface area contributed by atoms with Gasteiger partial charge in [0.05, 0.1) is 11.0 Å². The number of benzene rings is 1.